The summed E-state index contributed by atoms with van der Waals surface area (Å²) in [5.41, 5.74) is -3.41. The van der Waals surface area contributed by atoms with Gasteiger partial charge in [0.05, 0.1) is 0 Å². The zero-order valence-electron chi connectivity index (χ0n) is 16.6. The zero-order chi connectivity index (χ0) is 25.3. The smallest absolute Gasteiger partial charge is 0.433 e. The Morgan fingerprint density at radius 2 is 1.50 bits per heavy atom. The molecular formula is C18H11F9N6O. The maximum atomic E-state index is 13.0. The predicted molar refractivity (Wildman–Crippen MR) is 96.7 cm³/mol. The van der Waals surface area contributed by atoms with Crippen LogP contribution in [0.1, 0.15) is 18.3 Å². The van der Waals surface area contributed by atoms with Gasteiger partial charge in [0.1, 0.15) is 17.1 Å². The van der Waals surface area contributed by atoms with Crippen LogP contribution in [0.5, 0.6) is 6.01 Å². The van der Waals surface area contributed by atoms with E-state index in [1.165, 1.54) is 0 Å². The fraction of sp³-hybridized carbons (Fsp3) is 0.278. The Kier molecular flexibility index (Phi) is 6.53. The van der Waals surface area contributed by atoms with Gasteiger partial charge < -0.3 is 10.1 Å². The van der Waals surface area contributed by atoms with E-state index in [2.05, 4.69) is 35.0 Å². The first-order chi connectivity index (χ1) is 15.6. The maximum Gasteiger partial charge on any atom is 0.433 e. The van der Waals surface area contributed by atoms with Crippen molar-refractivity contribution in [2.45, 2.75) is 31.6 Å². The van der Waals surface area contributed by atoms with E-state index >= 15 is 0 Å². The fourth-order valence-corrected chi connectivity index (χ4v) is 2.31. The van der Waals surface area contributed by atoms with Crippen molar-refractivity contribution in [3.8, 4) is 17.5 Å². The van der Waals surface area contributed by atoms with Gasteiger partial charge in [-0.05, 0) is 31.2 Å². The number of pyridine rings is 2. The van der Waals surface area contributed by atoms with E-state index < -0.39 is 59.5 Å². The predicted octanol–water partition coefficient (Wildman–Crippen LogP) is 5.44. The number of hydrogen-bond acceptors (Lipinski definition) is 7. The molecule has 1 unspecified atom stereocenters. The number of hydrogen-bond donors (Lipinski definition) is 1. The number of nitrogens with one attached hydrogen (secondary N) is 1. The summed E-state index contributed by atoms with van der Waals surface area (Å²) in [6.07, 6.45) is -16.1. The molecule has 0 radical (unpaired) electrons. The normalized spacial score (nSPS) is 13.5. The molecule has 0 spiro atoms. The van der Waals surface area contributed by atoms with E-state index in [9.17, 15) is 39.5 Å². The molecule has 3 heterocycles. The lowest BCUT2D eigenvalue weighted by Gasteiger charge is -2.17. The van der Waals surface area contributed by atoms with Crippen LogP contribution < -0.4 is 10.1 Å². The Morgan fingerprint density at radius 1 is 0.824 bits per heavy atom. The lowest BCUT2D eigenvalue weighted by Crippen LogP contribution is -2.32. The molecule has 7 nitrogen and oxygen atoms in total. The molecule has 0 aliphatic rings. The molecule has 182 valence electrons. The molecule has 0 bridgehead atoms. The first-order valence-corrected chi connectivity index (χ1v) is 8.97. The van der Waals surface area contributed by atoms with Crippen molar-refractivity contribution < 1.29 is 44.3 Å². The van der Waals surface area contributed by atoms with Crippen molar-refractivity contribution in [2.75, 3.05) is 5.32 Å². The highest BCUT2D eigenvalue weighted by Crippen LogP contribution is 2.31. The molecule has 34 heavy (non-hydrogen) atoms. The summed E-state index contributed by atoms with van der Waals surface area (Å²) in [4.78, 5) is 17.4. The summed E-state index contributed by atoms with van der Waals surface area (Å²) in [6.45, 7) is 0.623. The quantitative estimate of drug-likeness (QED) is 0.469. The fourth-order valence-electron chi connectivity index (χ4n) is 2.31. The van der Waals surface area contributed by atoms with Crippen molar-refractivity contribution in [1.82, 2.24) is 24.9 Å². The van der Waals surface area contributed by atoms with Gasteiger partial charge in [-0.1, -0.05) is 6.07 Å². The van der Waals surface area contributed by atoms with Crippen LogP contribution in [0.15, 0.2) is 36.5 Å². The number of halogens is 9. The molecule has 3 aromatic rings. The molecule has 0 amide bonds. The minimum Gasteiger partial charge on any atom is -0.451 e. The second kappa shape index (κ2) is 8.90. The monoisotopic (exact) mass is 498 g/mol. The molecule has 0 aliphatic carbocycles. The third-order valence-electron chi connectivity index (χ3n) is 3.93. The van der Waals surface area contributed by atoms with Gasteiger partial charge in [-0.2, -0.15) is 54.5 Å². The van der Waals surface area contributed by atoms with Crippen LogP contribution in [0.4, 0.5) is 51.1 Å². The van der Waals surface area contributed by atoms with Gasteiger partial charge in [-0.3, -0.25) is 4.98 Å². The van der Waals surface area contributed by atoms with E-state index in [1.54, 1.807) is 0 Å². The number of aromatic nitrogens is 5. The van der Waals surface area contributed by atoms with Crippen LogP contribution in [0.3, 0.4) is 0 Å². The van der Waals surface area contributed by atoms with E-state index in [1.807, 2.05) is 0 Å². The van der Waals surface area contributed by atoms with Gasteiger partial charge in [0.2, 0.25) is 5.95 Å². The van der Waals surface area contributed by atoms with Crippen LogP contribution >= 0.6 is 0 Å². The van der Waals surface area contributed by atoms with Crippen molar-refractivity contribution in [3.05, 3.63) is 47.9 Å². The summed E-state index contributed by atoms with van der Waals surface area (Å²) in [7, 11) is 0. The van der Waals surface area contributed by atoms with E-state index in [-0.39, 0.29) is 5.69 Å². The number of alkyl halides is 9. The summed E-state index contributed by atoms with van der Waals surface area (Å²) in [5, 5.41) is 2.31. The largest absolute Gasteiger partial charge is 0.451 e. The summed E-state index contributed by atoms with van der Waals surface area (Å²) >= 11 is 0. The maximum absolute atomic E-state index is 13.0. The van der Waals surface area contributed by atoms with Crippen LogP contribution in [0.25, 0.3) is 11.5 Å². The van der Waals surface area contributed by atoms with E-state index in [4.69, 9.17) is 0 Å². The topological polar surface area (TPSA) is 85.7 Å². The molecule has 16 heteroatoms. The lowest BCUT2D eigenvalue weighted by atomic mass is 10.3. The standard InChI is InChI=1S/C18H11F9N6O/c1-8(16(19,20)21)34-15-32-13(10-3-2-4-11(30-10)17(22,23)24)31-14(33-15)29-9-5-6-28-12(7-9)18(25,26)27/h2-8H,1H3,(H,28,29,31,32,33). The zero-order valence-corrected chi connectivity index (χ0v) is 16.6. The molecule has 1 N–H and O–H groups in total. The lowest BCUT2D eigenvalue weighted by molar-refractivity contribution is -0.190. The second-order valence-corrected chi connectivity index (χ2v) is 6.53. The third-order valence-corrected chi connectivity index (χ3v) is 3.93. The highest BCUT2D eigenvalue weighted by atomic mass is 19.4. The Morgan fingerprint density at radius 3 is 2.12 bits per heavy atom. The molecule has 0 aliphatic heterocycles. The summed E-state index contributed by atoms with van der Waals surface area (Å²) in [5.74, 6) is -1.24. The van der Waals surface area contributed by atoms with E-state index in [0.29, 0.717) is 19.1 Å². The van der Waals surface area contributed by atoms with Crippen LogP contribution in [-0.2, 0) is 12.4 Å². The minimum absolute atomic E-state index is 0.272. The SMILES string of the molecule is CC(Oc1nc(Nc2ccnc(C(F)(F)F)c2)nc(-c2cccc(C(F)(F)F)n2)n1)C(F)(F)F. The van der Waals surface area contributed by atoms with Crippen molar-refractivity contribution in [1.29, 1.82) is 0 Å². The van der Waals surface area contributed by atoms with Crippen LogP contribution in [0.2, 0.25) is 0 Å². The average molecular weight is 498 g/mol. The van der Waals surface area contributed by atoms with Gasteiger partial charge in [0.25, 0.3) is 0 Å². The first kappa shape index (κ1) is 24.9. The first-order valence-electron chi connectivity index (χ1n) is 8.97. The van der Waals surface area contributed by atoms with Gasteiger partial charge in [-0.25, -0.2) is 4.98 Å². The number of anilines is 2. The third kappa shape index (κ3) is 6.20. The van der Waals surface area contributed by atoms with Crippen molar-refractivity contribution in [3.63, 3.8) is 0 Å². The van der Waals surface area contributed by atoms with Gasteiger partial charge in [0, 0.05) is 11.9 Å². The second-order valence-electron chi connectivity index (χ2n) is 6.53. The van der Waals surface area contributed by atoms with Gasteiger partial charge in [0.15, 0.2) is 11.9 Å². The highest BCUT2D eigenvalue weighted by molar-refractivity contribution is 5.57. The average Bonchev–Trinajstić information content (AvgIpc) is 2.72. The number of nitrogens with zero attached hydrogens (tertiary/aromatic N) is 5. The molecule has 0 saturated heterocycles. The molecule has 3 rings (SSSR count). The Hall–Kier alpha value is -3.72. The van der Waals surface area contributed by atoms with Crippen LogP contribution in [0, 0.1) is 0 Å². The molecule has 1 atom stereocenters. The summed E-state index contributed by atoms with van der Waals surface area (Å²) in [6, 6.07) is 3.31. The molecule has 3 aromatic heterocycles. The van der Waals surface area contributed by atoms with E-state index in [0.717, 1.165) is 24.4 Å². The van der Waals surface area contributed by atoms with Gasteiger partial charge in [-0.15, -0.1) is 0 Å². The molecule has 0 saturated carbocycles. The molecular weight excluding hydrogens is 487 g/mol. The minimum atomic E-state index is -4.85. The van der Waals surface area contributed by atoms with Crippen LogP contribution in [-0.4, -0.2) is 37.2 Å². The van der Waals surface area contributed by atoms with Crippen molar-refractivity contribution >= 4 is 11.6 Å². The number of ether oxygens (including phenoxy) is 1. The highest BCUT2D eigenvalue weighted by Gasteiger charge is 2.39. The Labute approximate surface area is 184 Å². The Bertz CT molecular complexity index is 1160. The van der Waals surface area contributed by atoms with Crippen molar-refractivity contribution in [2.24, 2.45) is 0 Å². The number of rotatable bonds is 5. The van der Waals surface area contributed by atoms with Gasteiger partial charge >= 0.3 is 24.5 Å². The summed E-state index contributed by atoms with van der Waals surface area (Å²) < 4.78 is 121. The molecule has 0 fully saturated rings. The molecule has 0 aromatic carbocycles. The Balaban J connectivity index is 2.05.